The van der Waals surface area contributed by atoms with Crippen LogP contribution in [-0.4, -0.2) is 50.4 Å². The van der Waals surface area contributed by atoms with Crippen molar-refractivity contribution in [3.63, 3.8) is 0 Å². The quantitative estimate of drug-likeness (QED) is 0.404. The summed E-state index contributed by atoms with van der Waals surface area (Å²) in [5.74, 6) is 0.928. The highest BCUT2D eigenvalue weighted by Gasteiger charge is 2.53. The minimum atomic E-state index is -3.65. The number of nitrogens with zero attached hydrogens (tertiary/aromatic N) is 2. The normalized spacial score (nSPS) is 22.7. The van der Waals surface area contributed by atoms with Gasteiger partial charge < -0.3 is 9.47 Å². The largest absolute Gasteiger partial charge is 0.497 e. The number of aromatic nitrogens is 1. The first-order valence-electron chi connectivity index (χ1n) is 12.5. The number of carbonyl (C=O) groups is 1. The number of rotatable bonds is 7. The van der Waals surface area contributed by atoms with Crippen LogP contribution in [0.3, 0.4) is 0 Å². The Morgan fingerprint density at radius 2 is 1.82 bits per heavy atom. The Balaban J connectivity index is 1.30. The van der Waals surface area contributed by atoms with E-state index >= 15 is 0 Å². The monoisotopic (exact) mass is 555 g/mol. The number of carbonyl (C=O) groups excluding carboxylic acids is 1. The van der Waals surface area contributed by atoms with Crippen molar-refractivity contribution in [1.29, 1.82) is 0 Å². The van der Waals surface area contributed by atoms with Crippen molar-refractivity contribution in [2.45, 2.75) is 51.0 Å². The van der Waals surface area contributed by atoms with Crippen molar-refractivity contribution >= 4 is 32.4 Å². The molecule has 3 aromatic rings. The Morgan fingerprint density at radius 3 is 2.50 bits per heavy atom. The summed E-state index contributed by atoms with van der Waals surface area (Å²) in [6.07, 6.45) is 2.78. The third-order valence-electron chi connectivity index (χ3n) is 7.50. The summed E-state index contributed by atoms with van der Waals surface area (Å²) in [5, 5.41) is 5.08. The average Bonchev–Trinajstić information content (AvgIpc) is 3.44. The summed E-state index contributed by atoms with van der Waals surface area (Å²) >= 11 is 1.30. The molecule has 2 atom stereocenters. The van der Waals surface area contributed by atoms with Crippen molar-refractivity contribution < 1.29 is 22.7 Å². The molecule has 202 valence electrons. The van der Waals surface area contributed by atoms with Crippen molar-refractivity contribution in [2.75, 3.05) is 26.1 Å². The van der Waals surface area contributed by atoms with Gasteiger partial charge in [-0.25, -0.2) is 13.4 Å². The van der Waals surface area contributed by atoms with Gasteiger partial charge in [0.15, 0.2) is 5.13 Å². The molecular formula is C28H33N3O5S2. The molecule has 0 spiro atoms. The fourth-order valence-electron chi connectivity index (χ4n) is 6.24. The second kappa shape index (κ2) is 9.66. The van der Waals surface area contributed by atoms with E-state index in [9.17, 15) is 13.2 Å². The number of anilines is 1. The topological polar surface area (TPSA) is 97.8 Å². The van der Waals surface area contributed by atoms with Crippen LogP contribution in [0.4, 0.5) is 5.13 Å². The molecule has 1 N–H and O–H groups in total. The fraction of sp³-hybridized carbons (Fsp3) is 0.429. The first-order valence-corrected chi connectivity index (χ1v) is 14.9. The minimum Gasteiger partial charge on any atom is -0.497 e. The standard InChI is InChI=1S/C28H33N3O5S2/c1-27(2)13-19-14-28(3,16-27)17-31(19)38(33,34)21-9-6-18(7-10-21)25(32)30-26-29-23(15-37-26)22-11-8-20(35-4)12-24(22)36-5/h6-12,15,19H,13-14,16-17H2,1-5H3,(H,29,30,32)/t19-,28-/m1/s1. The maximum absolute atomic E-state index is 13.5. The molecule has 1 saturated carbocycles. The van der Waals surface area contributed by atoms with Crippen LogP contribution in [0.15, 0.2) is 52.7 Å². The number of ether oxygens (including phenoxy) is 2. The van der Waals surface area contributed by atoms with Crippen molar-refractivity contribution in [3.8, 4) is 22.8 Å². The zero-order valence-electron chi connectivity index (χ0n) is 22.3. The molecular weight excluding hydrogens is 522 g/mol. The van der Waals surface area contributed by atoms with Crippen LogP contribution in [0.2, 0.25) is 0 Å². The van der Waals surface area contributed by atoms with Crippen LogP contribution >= 0.6 is 11.3 Å². The van der Waals surface area contributed by atoms with Crippen LogP contribution in [0.25, 0.3) is 11.3 Å². The summed E-state index contributed by atoms with van der Waals surface area (Å²) in [7, 11) is -0.485. The Kier molecular flexibility index (Phi) is 6.77. The van der Waals surface area contributed by atoms with Crippen LogP contribution in [-0.2, 0) is 10.0 Å². The molecule has 2 fully saturated rings. The molecule has 1 aliphatic heterocycles. The molecule has 2 aromatic carbocycles. The summed E-state index contributed by atoms with van der Waals surface area (Å²) < 4.78 is 39.5. The molecule has 1 aromatic heterocycles. The lowest BCUT2D eigenvalue weighted by Gasteiger charge is -2.39. The lowest BCUT2D eigenvalue weighted by molar-refractivity contribution is 0.102. The lowest BCUT2D eigenvalue weighted by Crippen LogP contribution is -2.37. The number of methoxy groups -OCH3 is 2. The molecule has 38 heavy (non-hydrogen) atoms. The minimum absolute atomic E-state index is 0.00170. The van der Waals surface area contributed by atoms with Crippen LogP contribution in [0.1, 0.15) is 50.4 Å². The predicted octanol–water partition coefficient (Wildman–Crippen LogP) is 5.67. The lowest BCUT2D eigenvalue weighted by atomic mass is 9.65. The number of amides is 1. The van der Waals surface area contributed by atoms with Crippen molar-refractivity contribution in [2.24, 2.45) is 10.8 Å². The van der Waals surface area contributed by atoms with Crippen molar-refractivity contribution in [3.05, 3.63) is 53.4 Å². The molecule has 5 rings (SSSR count). The Bertz CT molecular complexity index is 1470. The molecule has 8 nitrogen and oxygen atoms in total. The number of nitrogens with one attached hydrogen (secondary N) is 1. The van der Waals surface area contributed by atoms with E-state index in [0.29, 0.717) is 34.4 Å². The number of thiazole rings is 1. The van der Waals surface area contributed by atoms with Crippen molar-refractivity contribution in [1.82, 2.24) is 9.29 Å². The number of benzene rings is 2. The zero-order chi connectivity index (χ0) is 27.3. The summed E-state index contributed by atoms with van der Waals surface area (Å²) in [5.41, 5.74) is 1.93. The molecule has 1 aliphatic carbocycles. The highest BCUT2D eigenvalue weighted by molar-refractivity contribution is 7.89. The smallest absolute Gasteiger partial charge is 0.257 e. The highest BCUT2D eigenvalue weighted by atomic mass is 32.2. The maximum Gasteiger partial charge on any atom is 0.257 e. The van der Waals surface area contributed by atoms with Gasteiger partial charge >= 0.3 is 0 Å². The van der Waals surface area contributed by atoms with E-state index in [4.69, 9.17) is 9.47 Å². The van der Waals surface area contributed by atoms with Crippen LogP contribution < -0.4 is 14.8 Å². The second-order valence-electron chi connectivity index (χ2n) is 11.3. The third-order valence-corrected chi connectivity index (χ3v) is 10.2. The van der Waals surface area contributed by atoms with Crippen LogP contribution in [0, 0.1) is 10.8 Å². The average molecular weight is 556 g/mol. The fourth-order valence-corrected chi connectivity index (χ4v) is 8.72. The van der Waals surface area contributed by atoms with Crippen LogP contribution in [0.5, 0.6) is 11.5 Å². The molecule has 1 amide bonds. The van der Waals surface area contributed by atoms with Gasteiger partial charge in [0.2, 0.25) is 10.0 Å². The maximum atomic E-state index is 13.5. The van der Waals surface area contributed by atoms with Gasteiger partial charge in [0, 0.05) is 35.2 Å². The van der Waals surface area contributed by atoms with Gasteiger partial charge in [-0.2, -0.15) is 4.31 Å². The van der Waals surface area contributed by atoms with Gasteiger partial charge in [-0.3, -0.25) is 10.1 Å². The first kappa shape index (κ1) is 26.6. The van der Waals surface area contributed by atoms with Gasteiger partial charge in [-0.15, -0.1) is 11.3 Å². The highest BCUT2D eigenvalue weighted by Crippen LogP contribution is 2.53. The van der Waals surface area contributed by atoms with Gasteiger partial charge in [0.1, 0.15) is 11.5 Å². The second-order valence-corrected chi connectivity index (χ2v) is 14.1. The number of hydrogen-bond acceptors (Lipinski definition) is 7. The van der Waals surface area contributed by atoms with E-state index in [1.54, 1.807) is 36.7 Å². The third kappa shape index (κ3) is 5.04. The number of sulfonamides is 1. The molecule has 2 heterocycles. The van der Waals surface area contributed by atoms with E-state index in [1.165, 1.54) is 23.5 Å². The van der Waals surface area contributed by atoms with Gasteiger partial charge in [-0.05, 0) is 66.5 Å². The molecule has 2 aliphatic rings. The number of hydrogen-bond donors (Lipinski definition) is 1. The summed E-state index contributed by atoms with van der Waals surface area (Å²) in [6, 6.07) is 11.6. The Labute approximate surface area is 228 Å². The van der Waals surface area contributed by atoms with Gasteiger partial charge in [0.05, 0.1) is 24.8 Å². The summed E-state index contributed by atoms with van der Waals surface area (Å²) in [6.45, 7) is 7.18. The van der Waals surface area contributed by atoms with E-state index in [0.717, 1.165) is 24.8 Å². The molecule has 2 bridgehead atoms. The number of fused-ring (bicyclic) bond motifs is 2. The molecule has 0 radical (unpaired) electrons. The SMILES string of the molecule is COc1ccc(-c2csc(NC(=O)c3ccc(S(=O)(=O)N4C[C@]5(C)C[C@H]4CC(C)(C)C5)cc3)n2)c(OC)c1. The summed E-state index contributed by atoms with van der Waals surface area (Å²) in [4.78, 5) is 17.6. The van der Waals surface area contributed by atoms with Gasteiger partial charge in [0.25, 0.3) is 5.91 Å². The first-order chi connectivity index (χ1) is 17.9. The van der Waals surface area contributed by atoms with E-state index in [-0.39, 0.29) is 27.7 Å². The van der Waals surface area contributed by atoms with E-state index < -0.39 is 10.0 Å². The molecule has 1 saturated heterocycles. The van der Waals surface area contributed by atoms with E-state index in [1.807, 2.05) is 17.5 Å². The zero-order valence-corrected chi connectivity index (χ0v) is 23.9. The Hall–Kier alpha value is -2.95. The molecule has 10 heteroatoms. The molecule has 0 unspecified atom stereocenters. The van der Waals surface area contributed by atoms with Gasteiger partial charge in [-0.1, -0.05) is 20.8 Å². The Morgan fingerprint density at radius 1 is 1.08 bits per heavy atom. The predicted molar refractivity (Wildman–Crippen MR) is 148 cm³/mol. The van der Waals surface area contributed by atoms with E-state index in [2.05, 4.69) is 31.1 Å².